The molecule has 6 aromatic rings. The molecule has 246 valence electrons. The first-order chi connectivity index (χ1) is 25.3. The fourth-order valence-corrected chi connectivity index (χ4v) is 7.01. The second-order valence-corrected chi connectivity index (χ2v) is 13.1. The van der Waals surface area contributed by atoms with Gasteiger partial charge in [-0.2, -0.15) is 0 Å². The first-order valence-electron chi connectivity index (χ1n) is 17.9. The third kappa shape index (κ3) is 7.23. The van der Waals surface area contributed by atoms with Gasteiger partial charge in [0.1, 0.15) is 0 Å². The molecule has 3 heteroatoms. The Kier molecular flexibility index (Phi) is 9.48. The van der Waals surface area contributed by atoms with Crippen LogP contribution >= 0.6 is 0 Å². The van der Waals surface area contributed by atoms with E-state index in [4.69, 9.17) is 9.97 Å². The quantitative estimate of drug-likeness (QED) is 0.145. The molecule has 2 aliphatic carbocycles. The van der Waals surface area contributed by atoms with Gasteiger partial charge in [-0.05, 0) is 91.3 Å². The number of nitrogens with zero attached hydrogens (tertiary/aromatic N) is 3. The molecule has 8 rings (SSSR count). The maximum Gasteiger partial charge on any atom is 0.160 e. The molecule has 0 amide bonds. The maximum atomic E-state index is 5.26. The number of hydrogen-bond donors (Lipinski definition) is 0. The molecule has 0 N–H and O–H groups in total. The molecule has 1 aromatic heterocycles. The van der Waals surface area contributed by atoms with E-state index in [0.717, 1.165) is 71.4 Å². The van der Waals surface area contributed by atoms with Crippen LogP contribution in [0.4, 0.5) is 11.4 Å². The van der Waals surface area contributed by atoms with Crippen molar-refractivity contribution in [1.82, 2.24) is 9.97 Å². The number of allylic oxidation sites excluding steroid dienone is 7. The zero-order valence-corrected chi connectivity index (χ0v) is 28.6. The molecule has 0 saturated heterocycles. The van der Waals surface area contributed by atoms with Gasteiger partial charge in [-0.3, -0.25) is 0 Å². The van der Waals surface area contributed by atoms with Gasteiger partial charge in [0.05, 0.1) is 17.1 Å². The Hall–Kier alpha value is -6.24. The first-order valence-corrected chi connectivity index (χ1v) is 17.9. The first kappa shape index (κ1) is 32.0. The smallest absolute Gasteiger partial charge is 0.160 e. The summed E-state index contributed by atoms with van der Waals surface area (Å²) in [4.78, 5) is 13.0. The van der Waals surface area contributed by atoms with E-state index in [2.05, 4.69) is 163 Å². The molecule has 1 unspecified atom stereocenters. The highest BCUT2D eigenvalue weighted by Gasteiger charge is 2.25. The molecule has 2 aliphatic rings. The summed E-state index contributed by atoms with van der Waals surface area (Å²) in [6, 6.07) is 50.7. The summed E-state index contributed by atoms with van der Waals surface area (Å²) >= 11 is 0. The molecule has 0 aliphatic heterocycles. The minimum Gasteiger partial charge on any atom is -0.340 e. The molecule has 0 radical (unpaired) electrons. The van der Waals surface area contributed by atoms with Crippen molar-refractivity contribution >= 4 is 16.9 Å². The largest absolute Gasteiger partial charge is 0.340 e. The normalized spacial score (nSPS) is 15.1. The lowest BCUT2D eigenvalue weighted by atomic mass is 9.89. The SMILES string of the molecule is c1ccc(-c2cc(-c3ccccc3)nc(-c3cc(C4=CCCC=C4)c(N(CC4C=CCC=CC4)c4ccccc4)c(-c4ccccc4)c3)n2)cc#1. The van der Waals surface area contributed by atoms with Gasteiger partial charge >= 0.3 is 0 Å². The Labute approximate surface area is 301 Å². The number of anilines is 2. The van der Waals surface area contributed by atoms with Crippen LogP contribution in [-0.4, -0.2) is 16.5 Å². The minimum atomic E-state index is 0.365. The minimum absolute atomic E-state index is 0.365. The number of aromatic nitrogens is 2. The van der Waals surface area contributed by atoms with E-state index in [1.807, 2.05) is 24.3 Å². The molecule has 5 aromatic carbocycles. The summed E-state index contributed by atoms with van der Waals surface area (Å²) in [6.45, 7) is 0.847. The van der Waals surface area contributed by atoms with Gasteiger partial charge in [-0.15, -0.1) is 0 Å². The van der Waals surface area contributed by atoms with Crippen molar-refractivity contribution in [2.24, 2.45) is 5.92 Å². The highest BCUT2D eigenvalue weighted by Crippen LogP contribution is 2.45. The fourth-order valence-electron chi connectivity index (χ4n) is 7.01. The summed E-state index contributed by atoms with van der Waals surface area (Å²) in [5.41, 5.74) is 11.8. The highest BCUT2D eigenvalue weighted by molar-refractivity contribution is 5.96. The summed E-state index contributed by atoms with van der Waals surface area (Å²) in [5.74, 6) is 1.05. The van der Waals surface area contributed by atoms with Crippen molar-refractivity contribution in [3.8, 4) is 45.0 Å². The third-order valence-corrected chi connectivity index (χ3v) is 9.55. The van der Waals surface area contributed by atoms with E-state index in [1.54, 1.807) is 0 Å². The van der Waals surface area contributed by atoms with Crippen LogP contribution in [0.1, 0.15) is 31.2 Å². The number of benzene rings is 4. The molecule has 0 saturated carbocycles. The Balaban J connectivity index is 1.40. The van der Waals surface area contributed by atoms with Gasteiger partial charge in [0, 0.05) is 40.0 Å². The van der Waals surface area contributed by atoms with Gasteiger partial charge in [0.2, 0.25) is 0 Å². The van der Waals surface area contributed by atoms with Crippen LogP contribution in [0, 0.1) is 18.1 Å². The van der Waals surface area contributed by atoms with Crippen LogP contribution in [0.5, 0.6) is 0 Å². The average molecular weight is 658 g/mol. The van der Waals surface area contributed by atoms with Gasteiger partial charge in [0.15, 0.2) is 5.82 Å². The van der Waals surface area contributed by atoms with Crippen LogP contribution in [0.3, 0.4) is 0 Å². The third-order valence-electron chi connectivity index (χ3n) is 9.55. The van der Waals surface area contributed by atoms with E-state index in [-0.39, 0.29) is 0 Å². The van der Waals surface area contributed by atoms with Gasteiger partial charge < -0.3 is 4.90 Å². The monoisotopic (exact) mass is 657 g/mol. The zero-order chi connectivity index (χ0) is 34.2. The van der Waals surface area contributed by atoms with E-state index in [9.17, 15) is 0 Å². The van der Waals surface area contributed by atoms with Crippen molar-refractivity contribution < 1.29 is 0 Å². The Morgan fingerprint density at radius 3 is 2.08 bits per heavy atom. The van der Waals surface area contributed by atoms with Crippen molar-refractivity contribution in [3.63, 3.8) is 0 Å². The van der Waals surface area contributed by atoms with Crippen molar-refractivity contribution in [3.05, 3.63) is 188 Å². The average Bonchev–Trinajstić information content (AvgIpc) is 3.50. The van der Waals surface area contributed by atoms with Crippen molar-refractivity contribution in [2.75, 3.05) is 11.4 Å². The van der Waals surface area contributed by atoms with Crippen LogP contribution in [0.25, 0.3) is 50.6 Å². The second kappa shape index (κ2) is 15.1. The zero-order valence-electron chi connectivity index (χ0n) is 28.6. The second-order valence-electron chi connectivity index (χ2n) is 13.1. The molecule has 3 nitrogen and oxygen atoms in total. The summed E-state index contributed by atoms with van der Waals surface area (Å²) < 4.78 is 0. The predicted molar refractivity (Wildman–Crippen MR) is 212 cm³/mol. The van der Waals surface area contributed by atoms with Crippen LogP contribution in [-0.2, 0) is 0 Å². The molecule has 0 fully saturated rings. The number of para-hydroxylation sites is 1. The maximum absolute atomic E-state index is 5.26. The molecule has 0 bridgehead atoms. The predicted octanol–water partition coefficient (Wildman–Crippen LogP) is 12.1. The van der Waals surface area contributed by atoms with Crippen LogP contribution in [0.15, 0.2) is 170 Å². The van der Waals surface area contributed by atoms with E-state index < -0.39 is 0 Å². The van der Waals surface area contributed by atoms with Crippen molar-refractivity contribution in [1.29, 1.82) is 0 Å². The Bertz CT molecular complexity index is 2160. The Morgan fingerprint density at radius 2 is 1.35 bits per heavy atom. The molecular weight excluding hydrogens is 619 g/mol. The summed E-state index contributed by atoms with van der Waals surface area (Å²) in [5, 5.41) is 0. The van der Waals surface area contributed by atoms with Gasteiger partial charge in [-0.1, -0.05) is 134 Å². The van der Waals surface area contributed by atoms with Crippen LogP contribution in [0.2, 0.25) is 0 Å². The van der Waals surface area contributed by atoms with Gasteiger partial charge in [-0.25, -0.2) is 9.97 Å². The molecule has 0 spiro atoms. The summed E-state index contributed by atoms with van der Waals surface area (Å²) in [7, 11) is 0. The number of rotatable bonds is 9. The fraction of sp³-hybridized carbons (Fsp3) is 0.125. The van der Waals surface area contributed by atoms with E-state index >= 15 is 0 Å². The number of hydrogen-bond acceptors (Lipinski definition) is 3. The lowest BCUT2D eigenvalue weighted by molar-refractivity contribution is 0.664. The van der Waals surface area contributed by atoms with Gasteiger partial charge in [0.25, 0.3) is 0 Å². The van der Waals surface area contributed by atoms with Crippen molar-refractivity contribution in [2.45, 2.75) is 25.7 Å². The Morgan fingerprint density at radius 1 is 0.627 bits per heavy atom. The van der Waals surface area contributed by atoms with Crippen LogP contribution < -0.4 is 4.90 Å². The highest BCUT2D eigenvalue weighted by atomic mass is 15.1. The molecular formula is C48H39N3. The topological polar surface area (TPSA) is 29.0 Å². The molecule has 1 heterocycles. The van der Waals surface area contributed by atoms with E-state index in [1.165, 1.54) is 22.5 Å². The standard InChI is InChI=1S/C48H39N3/c1-2-9-21-36(20-8-1)35-51(42-30-18-7-19-31-42)47-43(37-22-10-3-11-23-37)32-41(33-44(47)38-24-12-4-13-25-38)48-49-45(39-26-14-5-15-27-39)34-46(50-48)40-28-16-6-17-29-40/h1,3,5,7-12,14-16,18-19,21-34,36H,2,4,13,20,35H2. The molecule has 51 heavy (non-hydrogen) atoms. The van der Waals surface area contributed by atoms with E-state index in [0.29, 0.717) is 11.7 Å². The molecule has 1 atom stereocenters. The lowest BCUT2D eigenvalue weighted by Crippen LogP contribution is -2.26. The summed E-state index contributed by atoms with van der Waals surface area (Å²) in [6.07, 6.45) is 20.3. The lowest BCUT2D eigenvalue weighted by Gasteiger charge is -2.33.